The highest BCUT2D eigenvalue weighted by Gasteiger charge is 2.29. The van der Waals surface area contributed by atoms with Gasteiger partial charge in [0, 0.05) is 41.2 Å². The summed E-state index contributed by atoms with van der Waals surface area (Å²) in [6.45, 7) is 5.58. The lowest BCUT2D eigenvalue weighted by molar-refractivity contribution is 0.215. The van der Waals surface area contributed by atoms with E-state index < -0.39 is 0 Å². The van der Waals surface area contributed by atoms with Gasteiger partial charge in [-0.2, -0.15) is 0 Å². The van der Waals surface area contributed by atoms with Crippen LogP contribution in [-0.2, 0) is 6.54 Å². The van der Waals surface area contributed by atoms with Gasteiger partial charge in [-0.3, -0.25) is 4.90 Å². The predicted molar refractivity (Wildman–Crippen MR) is 129 cm³/mol. The van der Waals surface area contributed by atoms with E-state index in [-0.39, 0.29) is 6.04 Å². The summed E-state index contributed by atoms with van der Waals surface area (Å²) in [4.78, 5) is 4.83. The van der Waals surface area contributed by atoms with Crippen molar-refractivity contribution in [3.8, 4) is 0 Å². The first kappa shape index (κ1) is 21.8. The fourth-order valence-corrected chi connectivity index (χ4v) is 5.07. The van der Waals surface area contributed by atoms with Crippen molar-refractivity contribution in [1.29, 1.82) is 0 Å². The summed E-state index contributed by atoms with van der Waals surface area (Å²) in [5, 5.41) is 2.82. The Labute approximate surface area is 197 Å². The average molecular weight is 480 g/mol. The molecule has 1 fully saturated rings. The maximum atomic E-state index is 6.57. The molecule has 6 heteroatoms. The fourth-order valence-electron chi connectivity index (χ4n) is 4.12. The molecular weight excluding hydrogens is 458 g/mol. The summed E-state index contributed by atoms with van der Waals surface area (Å²) in [6.07, 6.45) is 0. The van der Waals surface area contributed by atoms with Crippen LogP contribution in [0, 0.1) is 6.92 Å². The van der Waals surface area contributed by atoms with E-state index in [0.717, 1.165) is 41.9 Å². The minimum Gasteiger partial charge on any atom is -0.361 e. The molecule has 1 aliphatic rings. The van der Waals surface area contributed by atoms with E-state index in [0.29, 0.717) is 10.0 Å². The maximum absolute atomic E-state index is 6.57. The molecule has 1 aliphatic heterocycles. The summed E-state index contributed by atoms with van der Waals surface area (Å²) in [5.74, 6) is 0. The van der Waals surface area contributed by atoms with Crippen LogP contribution in [0.4, 0.5) is 5.69 Å². The Kier molecular flexibility index (Phi) is 6.81. The molecule has 0 amide bonds. The summed E-state index contributed by atoms with van der Waals surface area (Å²) >= 11 is 25.1. The zero-order valence-corrected chi connectivity index (χ0v) is 19.6. The van der Waals surface area contributed by atoms with Gasteiger partial charge in [0.2, 0.25) is 0 Å². The Hall–Kier alpha value is -1.42. The molecular formula is C24H22Cl4N2. The Morgan fingerprint density at radius 3 is 2.23 bits per heavy atom. The van der Waals surface area contributed by atoms with Crippen molar-refractivity contribution in [2.75, 3.05) is 24.5 Å². The van der Waals surface area contributed by atoms with Crippen molar-refractivity contribution in [3.05, 3.63) is 97.4 Å². The predicted octanol–water partition coefficient (Wildman–Crippen LogP) is 7.67. The van der Waals surface area contributed by atoms with Crippen molar-refractivity contribution in [1.82, 2.24) is 4.90 Å². The Morgan fingerprint density at radius 1 is 0.800 bits per heavy atom. The van der Waals surface area contributed by atoms with Gasteiger partial charge in [-0.05, 0) is 66.1 Å². The molecule has 0 radical (unpaired) electrons. The Morgan fingerprint density at radius 2 is 1.53 bits per heavy atom. The van der Waals surface area contributed by atoms with Crippen molar-refractivity contribution >= 4 is 52.1 Å². The first-order valence-corrected chi connectivity index (χ1v) is 11.4. The normalized spacial score (nSPS) is 17.4. The number of hydrogen-bond acceptors (Lipinski definition) is 2. The molecule has 3 aromatic rings. The van der Waals surface area contributed by atoms with Crippen LogP contribution >= 0.6 is 46.4 Å². The molecule has 0 aromatic heterocycles. The molecule has 1 saturated heterocycles. The SMILES string of the molecule is Cc1cc(Cl)cc(CN2CCN(c3ccc(Cl)cc3Cl)C(c3ccc(Cl)cc3)C2)c1. The molecule has 0 N–H and O–H groups in total. The van der Waals surface area contributed by atoms with Crippen molar-refractivity contribution < 1.29 is 0 Å². The van der Waals surface area contributed by atoms with Gasteiger partial charge in [-0.1, -0.05) is 64.6 Å². The van der Waals surface area contributed by atoms with E-state index in [1.807, 2.05) is 36.4 Å². The molecule has 4 rings (SSSR count). The molecule has 3 aromatic carbocycles. The number of anilines is 1. The van der Waals surface area contributed by atoms with Gasteiger partial charge in [0.05, 0.1) is 16.8 Å². The Balaban J connectivity index is 1.63. The van der Waals surface area contributed by atoms with Crippen LogP contribution in [0.2, 0.25) is 20.1 Å². The quantitative estimate of drug-likeness (QED) is 0.378. The minimum absolute atomic E-state index is 0.148. The van der Waals surface area contributed by atoms with Gasteiger partial charge in [-0.25, -0.2) is 0 Å². The van der Waals surface area contributed by atoms with Crippen LogP contribution in [0.25, 0.3) is 0 Å². The van der Waals surface area contributed by atoms with E-state index in [4.69, 9.17) is 46.4 Å². The summed E-state index contributed by atoms with van der Waals surface area (Å²) < 4.78 is 0. The number of aryl methyl sites for hydroxylation is 1. The molecule has 0 saturated carbocycles. The van der Waals surface area contributed by atoms with Crippen LogP contribution in [-0.4, -0.2) is 24.5 Å². The number of piperazine rings is 1. The van der Waals surface area contributed by atoms with Crippen LogP contribution in [0.15, 0.2) is 60.7 Å². The Bertz CT molecular complexity index is 1020. The molecule has 1 unspecified atom stereocenters. The van der Waals surface area contributed by atoms with Gasteiger partial charge < -0.3 is 4.90 Å². The first-order valence-electron chi connectivity index (χ1n) is 9.84. The van der Waals surface area contributed by atoms with Crippen LogP contribution in [0.3, 0.4) is 0 Å². The third kappa shape index (κ3) is 5.07. The second kappa shape index (κ2) is 9.38. The molecule has 2 nitrogen and oxygen atoms in total. The van der Waals surface area contributed by atoms with Crippen LogP contribution < -0.4 is 4.90 Å². The third-order valence-electron chi connectivity index (χ3n) is 5.45. The maximum Gasteiger partial charge on any atom is 0.0670 e. The van der Waals surface area contributed by atoms with Crippen LogP contribution in [0.5, 0.6) is 0 Å². The van der Waals surface area contributed by atoms with Crippen molar-refractivity contribution in [2.45, 2.75) is 19.5 Å². The highest BCUT2D eigenvalue weighted by molar-refractivity contribution is 6.36. The fraction of sp³-hybridized carbons (Fsp3) is 0.250. The van der Waals surface area contributed by atoms with Gasteiger partial charge in [0.1, 0.15) is 0 Å². The van der Waals surface area contributed by atoms with Gasteiger partial charge in [0.15, 0.2) is 0 Å². The molecule has 0 spiro atoms. The molecule has 156 valence electrons. The summed E-state index contributed by atoms with van der Waals surface area (Å²) in [7, 11) is 0. The van der Waals surface area contributed by atoms with Gasteiger partial charge in [-0.15, -0.1) is 0 Å². The minimum atomic E-state index is 0.148. The lowest BCUT2D eigenvalue weighted by Crippen LogP contribution is -2.48. The van der Waals surface area contributed by atoms with Crippen molar-refractivity contribution in [3.63, 3.8) is 0 Å². The highest BCUT2D eigenvalue weighted by atomic mass is 35.5. The molecule has 0 bridgehead atoms. The van der Waals surface area contributed by atoms with Crippen molar-refractivity contribution in [2.24, 2.45) is 0 Å². The zero-order chi connectivity index (χ0) is 21.3. The van der Waals surface area contributed by atoms with E-state index in [2.05, 4.69) is 34.9 Å². The van der Waals surface area contributed by atoms with Gasteiger partial charge in [0.25, 0.3) is 0 Å². The first-order chi connectivity index (χ1) is 14.4. The monoisotopic (exact) mass is 478 g/mol. The topological polar surface area (TPSA) is 6.48 Å². The summed E-state index contributed by atoms with van der Waals surface area (Å²) in [5.41, 5.74) is 4.61. The molecule has 1 heterocycles. The second-order valence-corrected chi connectivity index (χ2v) is 9.44. The summed E-state index contributed by atoms with van der Waals surface area (Å²) in [6, 6.07) is 20.2. The number of benzene rings is 3. The van der Waals surface area contributed by atoms with E-state index in [1.165, 1.54) is 16.7 Å². The van der Waals surface area contributed by atoms with E-state index in [1.54, 1.807) is 6.07 Å². The lowest BCUT2D eigenvalue weighted by atomic mass is 10.0. The number of nitrogens with zero attached hydrogens (tertiary/aromatic N) is 2. The van der Waals surface area contributed by atoms with Gasteiger partial charge >= 0.3 is 0 Å². The largest absolute Gasteiger partial charge is 0.361 e. The molecule has 30 heavy (non-hydrogen) atoms. The highest BCUT2D eigenvalue weighted by Crippen LogP contribution is 2.37. The zero-order valence-electron chi connectivity index (χ0n) is 16.6. The second-order valence-electron chi connectivity index (χ2n) is 7.73. The lowest BCUT2D eigenvalue weighted by Gasteiger charge is -2.43. The third-order valence-corrected chi connectivity index (χ3v) is 6.45. The van der Waals surface area contributed by atoms with E-state index >= 15 is 0 Å². The number of hydrogen-bond donors (Lipinski definition) is 0. The van der Waals surface area contributed by atoms with E-state index in [9.17, 15) is 0 Å². The molecule has 0 aliphatic carbocycles. The van der Waals surface area contributed by atoms with Crippen LogP contribution in [0.1, 0.15) is 22.7 Å². The standard InChI is InChI=1S/C24H22Cl4N2/c1-16-10-17(12-21(27)11-16)14-29-8-9-30(23-7-6-20(26)13-22(23)28)24(15-29)18-2-4-19(25)5-3-18/h2-7,10-13,24H,8-9,14-15H2,1H3. The average Bonchev–Trinajstić information content (AvgIpc) is 2.68. The molecule has 1 atom stereocenters. The number of halogens is 4. The smallest absolute Gasteiger partial charge is 0.0670 e. The number of rotatable bonds is 4.